The number of para-hydroxylation sites is 3. The molecule has 0 bridgehead atoms. The number of nitro benzene ring substituents is 1. The molecule has 1 amide bonds. The lowest BCUT2D eigenvalue weighted by Gasteiger charge is -2.14. The minimum atomic E-state index is -0.671. The number of anilines is 1. The van der Waals surface area contributed by atoms with Gasteiger partial charge < -0.3 is 10.1 Å². The van der Waals surface area contributed by atoms with E-state index in [1.54, 1.807) is 30.3 Å². The molecule has 7 nitrogen and oxygen atoms in total. The Balaban J connectivity index is 2.09. The summed E-state index contributed by atoms with van der Waals surface area (Å²) >= 11 is 5.13. The molecule has 0 fully saturated rings. The molecule has 26 heavy (non-hydrogen) atoms. The van der Waals surface area contributed by atoms with Crippen molar-refractivity contribution in [3.63, 3.8) is 0 Å². The van der Waals surface area contributed by atoms with Crippen LogP contribution in [0.2, 0.25) is 0 Å². The van der Waals surface area contributed by atoms with Crippen LogP contribution >= 0.6 is 12.2 Å². The van der Waals surface area contributed by atoms with Gasteiger partial charge in [0.2, 0.25) is 0 Å². The largest absolute Gasteiger partial charge is 0.487 e. The standard InChI is InChI=1S/C18H17N3O4S/c1-12(2)11-25-16-10-6-4-8-14(16)19-18(26)20-17(22)13-7-3-5-9-15(13)21(23)24/h3-10H,1,11H2,2H3,(H2,19,20,22,26). The number of carbonyl (C=O) groups is 1. The van der Waals surface area contributed by atoms with E-state index in [2.05, 4.69) is 17.2 Å². The van der Waals surface area contributed by atoms with Crippen molar-refractivity contribution in [3.8, 4) is 5.75 Å². The molecule has 2 rings (SSSR count). The highest BCUT2D eigenvalue weighted by Crippen LogP contribution is 2.24. The molecule has 2 N–H and O–H groups in total. The van der Waals surface area contributed by atoms with Crippen LogP contribution in [-0.2, 0) is 0 Å². The molecule has 2 aromatic rings. The van der Waals surface area contributed by atoms with Crippen LogP contribution in [0.15, 0.2) is 60.7 Å². The van der Waals surface area contributed by atoms with Gasteiger partial charge in [-0.25, -0.2) is 0 Å². The van der Waals surface area contributed by atoms with E-state index >= 15 is 0 Å². The first-order valence-electron chi connectivity index (χ1n) is 7.60. The average Bonchev–Trinajstić information content (AvgIpc) is 2.60. The van der Waals surface area contributed by atoms with Crippen LogP contribution in [0.5, 0.6) is 5.75 Å². The van der Waals surface area contributed by atoms with Crippen molar-refractivity contribution in [2.45, 2.75) is 6.92 Å². The third-order valence-corrected chi connectivity index (χ3v) is 3.39. The molecular weight excluding hydrogens is 354 g/mol. The van der Waals surface area contributed by atoms with Gasteiger partial charge in [0.05, 0.1) is 10.6 Å². The number of nitrogens with one attached hydrogen (secondary N) is 2. The normalized spacial score (nSPS) is 9.88. The number of rotatable bonds is 6. The van der Waals surface area contributed by atoms with E-state index in [0.717, 1.165) is 5.57 Å². The molecule has 0 saturated carbocycles. The van der Waals surface area contributed by atoms with Crippen LogP contribution in [0, 0.1) is 10.1 Å². The third kappa shape index (κ3) is 5.12. The van der Waals surface area contributed by atoms with E-state index in [9.17, 15) is 14.9 Å². The van der Waals surface area contributed by atoms with Gasteiger partial charge in [-0.15, -0.1) is 0 Å². The van der Waals surface area contributed by atoms with Gasteiger partial charge in [-0.05, 0) is 42.9 Å². The van der Waals surface area contributed by atoms with Crippen molar-refractivity contribution in [2.75, 3.05) is 11.9 Å². The highest BCUT2D eigenvalue weighted by molar-refractivity contribution is 7.80. The highest BCUT2D eigenvalue weighted by atomic mass is 32.1. The average molecular weight is 371 g/mol. The number of ether oxygens (including phenoxy) is 1. The van der Waals surface area contributed by atoms with E-state index in [1.807, 2.05) is 6.92 Å². The Kier molecular flexibility index (Phi) is 6.40. The quantitative estimate of drug-likeness (QED) is 0.348. The second-order valence-corrected chi connectivity index (χ2v) is 5.83. The van der Waals surface area contributed by atoms with Gasteiger partial charge in [-0.2, -0.15) is 0 Å². The second kappa shape index (κ2) is 8.72. The maximum atomic E-state index is 12.3. The van der Waals surface area contributed by atoms with Gasteiger partial charge in [0.1, 0.15) is 17.9 Å². The van der Waals surface area contributed by atoms with Gasteiger partial charge in [0, 0.05) is 6.07 Å². The summed E-state index contributed by atoms with van der Waals surface area (Å²) in [5.41, 5.74) is 1.04. The first kappa shape index (κ1) is 19.1. The molecule has 0 spiro atoms. The van der Waals surface area contributed by atoms with Crippen molar-refractivity contribution in [1.82, 2.24) is 5.32 Å². The Hall–Kier alpha value is -3.26. The molecule has 0 atom stereocenters. The Bertz CT molecular complexity index is 867. The first-order chi connectivity index (χ1) is 12.4. The molecule has 0 unspecified atom stereocenters. The summed E-state index contributed by atoms with van der Waals surface area (Å²) in [6.45, 7) is 5.96. The van der Waals surface area contributed by atoms with Crippen molar-refractivity contribution in [2.24, 2.45) is 0 Å². The zero-order valence-electron chi connectivity index (χ0n) is 14.0. The SMILES string of the molecule is C=C(C)COc1ccccc1NC(=S)NC(=O)c1ccccc1[N+](=O)[O-]. The summed E-state index contributed by atoms with van der Waals surface area (Å²) in [5, 5.41) is 16.3. The van der Waals surface area contributed by atoms with Gasteiger partial charge in [0.25, 0.3) is 11.6 Å². The zero-order chi connectivity index (χ0) is 19.1. The van der Waals surface area contributed by atoms with Crippen LogP contribution < -0.4 is 15.4 Å². The molecule has 2 aromatic carbocycles. The lowest BCUT2D eigenvalue weighted by molar-refractivity contribution is -0.385. The van der Waals surface area contributed by atoms with Crippen LogP contribution in [-0.4, -0.2) is 22.5 Å². The molecule has 0 radical (unpaired) electrons. The summed E-state index contributed by atoms with van der Waals surface area (Å²) in [7, 11) is 0. The van der Waals surface area contributed by atoms with Gasteiger partial charge in [0.15, 0.2) is 5.11 Å². The molecule has 134 valence electrons. The lowest BCUT2D eigenvalue weighted by atomic mass is 10.1. The molecule has 0 saturated heterocycles. The number of benzene rings is 2. The third-order valence-electron chi connectivity index (χ3n) is 3.18. The van der Waals surface area contributed by atoms with Crippen molar-refractivity contribution in [1.29, 1.82) is 0 Å². The van der Waals surface area contributed by atoms with Gasteiger partial charge in [-0.1, -0.05) is 30.8 Å². The van der Waals surface area contributed by atoms with E-state index < -0.39 is 10.8 Å². The molecule has 0 heterocycles. The predicted molar refractivity (Wildman–Crippen MR) is 104 cm³/mol. The van der Waals surface area contributed by atoms with E-state index in [1.165, 1.54) is 18.2 Å². The Morgan fingerprint density at radius 2 is 1.88 bits per heavy atom. The van der Waals surface area contributed by atoms with E-state index in [4.69, 9.17) is 17.0 Å². The fourth-order valence-corrected chi connectivity index (χ4v) is 2.25. The van der Waals surface area contributed by atoms with Gasteiger partial charge >= 0.3 is 0 Å². The summed E-state index contributed by atoms with van der Waals surface area (Å²) in [5.74, 6) is -0.132. The molecule has 8 heteroatoms. The summed E-state index contributed by atoms with van der Waals surface area (Å²) in [6, 6.07) is 12.7. The number of carbonyl (C=O) groups excluding carboxylic acids is 1. The summed E-state index contributed by atoms with van der Waals surface area (Å²) < 4.78 is 5.62. The predicted octanol–water partition coefficient (Wildman–Crippen LogP) is 3.68. The fourth-order valence-electron chi connectivity index (χ4n) is 2.05. The Morgan fingerprint density at radius 1 is 1.23 bits per heavy atom. The number of amides is 1. The maximum absolute atomic E-state index is 12.3. The van der Waals surface area contributed by atoms with Crippen molar-refractivity contribution >= 4 is 34.6 Å². The van der Waals surface area contributed by atoms with Crippen LogP contribution in [0.25, 0.3) is 0 Å². The lowest BCUT2D eigenvalue weighted by Crippen LogP contribution is -2.34. The van der Waals surface area contributed by atoms with Crippen LogP contribution in [0.4, 0.5) is 11.4 Å². The molecular formula is C18H17N3O4S. The van der Waals surface area contributed by atoms with E-state index in [-0.39, 0.29) is 16.4 Å². The minimum absolute atomic E-state index is 0.000439. The number of nitrogens with zero attached hydrogens (tertiary/aromatic N) is 1. The molecule has 0 aliphatic rings. The fraction of sp³-hybridized carbons (Fsp3) is 0.111. The van der Waals surface area contributed by atoms with E-state index in [0.29, 0.717) is 18.0 Å². The molecule has 0 aromatic heterocycles. The summed E-state index contributed by atoms with van der Waals surface area (Å²) in [4.78, 5) is 22.7. The smallest absolute Gasteiger partial charge is 0.282 e. The topological polar surface area (TPSA) is 93.5 Å². The number of thiocarbonyl (C=S) groups is 1. The zero-order valence-corrected chi connectivity index (χ0v) is 14.8. The summed E-state index contributed by atoms with van der Waals surface area (Å²) in [6.07, 6.45) is 0. The highest BCUT2D eigenvalue weighted by Gasteiger charge is 2.20. The van der Waals surface area contributed by atoms with Crippen LogP contribution in [0.3, 0.4) is 0 Å². The first-order valence-corrected chi connectivity index (χ1v) is 8.01. The van der Waals surface area contributed by atoms with Gasteiger partial charge in [-0.3, -0.25) is 20.2 Å². The minimum Gasteiger partial charge on any atom is -0.487 e. The second-order valence-electron chi connectivity index (χ2n) is 5.42. The molecule has 0 aliphatic heterocycles. The Labute approximate surface area is 155 Å². The maximum Gasteiger partial charge on any atom is 0.282 e. The van der Waals surface area contributed by atoms with Crippen molar-refractivity contribution in [3.05, 3.63) is 76.4 Å². The van der Waals surface area contributed by atoms with Crippen LogP contribution in [0.1, 0.15) is 17.3 Å². The molecule has 0 aliphatic carbocycles. The van der Waals surface area contributed by atoms with Crippen molar-refractivity contribution < 1.29 is 14.5 Å². The number of hydrogen-bond acceptors (Lipinski definition) is 5. The monoisotopic (exact) mass is 371 g/mol. The number of hydrogen-bond donors (Lipinski definition) is 2. The number of nitro groups is 1. The Morgan fingerprint density at radius 3 is 2.58 bits per heavy atom.